The number of hydrogen-bond acceptors (Lipinski definition) is 3. The van der Waals surface area contributed by atoms with Crippen molar-refractivity contribution in [3.05, 3.63) is 24.3 Å². The first-order chi connectivity index (χ1) is 9.37. The largest absolute Gasteiger partial charge is 0.573 e. The zero-order valence-electron chi connectivity index (χ0n) is 10.4. The van der Waals surface area contributed by atoms with Gasteiger partial charge in [0.15, 0.2) is 0 Å². The maximum atomic E-state index is 12.2. The van der Waals surface area contributed by atoms with Crippen LogP contribution in [0.1, 0.15) is 0 Å². The van der Waals surface area contributed by atoms with Gasteiger partial charge in [0.2, 0.25) is 0 Å². The molecule has 2 aliphatic rings. The molecular formula is C12H13F3N2O2S. The molecule has 0 amide bonds. The third-order valence-corrected chi connectivity index (χ3v) is 4.92. The van der Waals surface area contributed by atoms with Crippen molar-refractivity contribution in [1.82, 2.24) is 9.62 Å². The maximum absolute atomic E-state index is 12.2. The van der Waals surface area contributed by atoms with Crippen LogP contribution in [-0.2, 0) is 11.0 Å². The Balaban J connectivity index is 1.61. The minimum Gasteiger partial charge on any atom is -0.406 e. The predicted molar refractivity (Wildman–Crippen MR) is 66.4 cm³/mol. The van der Waals surface area contributed by atoms with E-state index in [1.165, 1.54) is 24.3 Å². The molecule has 0 aromatic heterocycles. The number of nitrogens with one attached hydrogen (secondary N) is 1. The number of nitrogens with zero attached hydrogens (tertiary/aromatic N) is 1. The second kappa shape index (κ2) is 4.71. The van der Waals surface area contributed by atoms with Gasteiger partial charge in [-0.2, -0.15) is 0 Å². The number of rotatable bonds is 3. The summed E-state index contributed by atoms with van der Waals surface area (Å²) in [6.07, 6.45) is -4.71. The van der Waals surface area contributed by atoms with Gasteiger partial charge in [-0.3, -0.25) is 0 Å². The minimum absolute atomic E-state index is 0.259. The molecule has 0 bridgehead atoms. The molecule has 0 radical (unpaired) electrons. The molecule has 2 saturated heterocycles. The summed E-state index contributed by atoms with van der Waals surface area (Å²) >= 11 is 0. The SMILES string of the molecule is O=S(c1ccc(OC(F)(F)F)cc1)N1CC2(CNC2)C1. The van der Waals surface area contributed by atoms with E-state index in [4.69, 9.17) is 0 Å². The first-order valence-electron chi connectivity index (χ1n) is 6.10. The van der Waals surface area contributed by atoms with Crippen LogP contribution in [0.4, 0.5) is 13.2 Å². The Kier molecular flexibility index (Phi) is 3.26. The van der Waals surface area contributed by atoms with Crippen molar-refractivity contribution in [1.29, 1.82) is 0 Å². The van der Waals surface area contributed by atoms with E-state index in [2.05, 4.69) is 10.1 Å². The summed E-state index contributed by atoms with van der Waals surface area (Å²) in [7, 11) is -1.32. The van der Waals surface area contributed by atoms with E-state index in [1.807, 2.05) is 4.31 Å². The van der Waals surface area contributed by atoms with Crippen LogP contribution in [0.15, 0.2) is 29.2 Å². The Morgan fingerprint density at radius 1 is 1.20 bits per heavy atom. The Hall–Kier alpha value is -1.12. The van der Waals surface area contributed by atoms with E-state index >= 15 is 0 Å². The highest BCUT2D eigenvalue weighted by atomic mass is 32.2. The van der Waals surface area contributed by atoms with Crippen LogP contribution in [0, 0.1) is 5.41 Å². The second-order valence-electron chi connectivity index (χ2n) is 5.17. The molecule has 4 nitrogen and oxygen atoms in total. The van der Waals surface area contributed by atoms with E-state index < -0.39 is 17.3 Å². The lowest BCUT2D eigenvalue weighted by Crippen LogP contribution is -2.71. The van der Waals surface area contributed by atoms with Crippen molar-refractivity contribution in [2.45, 2.75) is 11.3 Å². The summed E-state index contributed by atoms with van der Waals surface area (Å²) in [6.45, 7) is 3.40. The second-order valence-corrected chi connectivity index (χ2v) is 6.66. The summed E-state index contributed by atoms with van der Waals surface area (Å²) in [5.41, 5.74) is 0.259. The predicted octanol–water partition coefficient (Wildman–Crippen LogP) is 1.51. The van der Waals surface area contributed by atoms with Gasteiger partial charge in [-0.05, 0) is 24.3 Å². The first kappa shape index (κ1) is 13.8. The molecule has 1 aromatic carbocycles. The van der Waals surface area contributed by atoms with Crippen LogP contribution in [0.25, 0.3) is 0 Å². The molecule has 8 heteroatoms. The fourth-order valence-electron chi connectivity index (χ4n) is 2.43. The highest BCUT2D eigenvalue weighted by molar-refractivity contribution is 7.82. The molecule has 0 saturated carbocycles. The zero-order valence-corrected chi connectivity index (χ0v) is 11.3. The average molecular weight is 306 g/mol. The van der Waals surface area contributed by atoms with Gasteiger partial charge < -0.3 is 10.1 Å². The van der Waals surface area contributed by atoms with E-state index in [0.717, 1.165) is 26.2 Å². The standard InChI is InChI=1S/C12H13F3N2O2S/c13-12(14,15)19-9-1-3-10(4-2-9)20(18)17-7-11(8-17)5-16-6-11/h1-4,16H,5-8H2. The summed E-state index contributed by atoms with van der Waals surface area (Å²) in [5.74, 6) is -0.304. The molecule has 110 valence electrons. The third-order valence-electron chi connectivity index (χ3n) is 3.52. The topological polar surface area (TPSA) is 41.6 Å². The molecule has 1 unspecified atom stereocenters. The Morgan fingerprint density at radius 2 is 1.80 bits per heavy atom. The minimum atomic E-state index is -4.71. The molecule has 2 aliphatic heterocycles. The first-order valence-corrected chi connectivity index (χ1v) is 7.21. The molecule has 1 atom stereocenters. The average Bonchev–Trinajstić information content (AvgIpc) is 2.23. The van der Waals surface area contributed by atoms with Crippen molar-refractivity contribution in [3.63, 3.8) is 0 Å². The summed E-state index contributed by atoms with van der Waals surface area (Å²) in [4.78, 5) is 0.488. The smallest absolute Gasteiger partial charge is 0.406 e. The Labute approximate surface area is 116 Å². The highest BCUT2D eigenvalue weighted by Gasteiger charge is 2.49. The van der Waals surface area contributed by atoms with E-state index in [1.54, 1.807) is 0 Å². The van der Waals surface area contributed by atoms with Gasteiger partial charge in [-0.15, -0.1) is 13.2 Å². The fraction of sp³-hybridized carbons (Fsp3) is 0.500. The van der Waals surface area contributed by atoms with Gasteiger partial charge in [0, 0.05) is 31.6 Å². The number of benzene rings is 1. The van der Waals surface area contributed by atoms with E-state index in [-0.39, 0.29) is 11.2 Å². The molecule has 2 fully saturated rings. The van der Waals surface area contributed by atoms with Gasteiger partial charge >= 0.3 is 6.36 Å². The van der Waals surface area contributed by atoms with Crippen LogP contribution >= 0.6 is 0 Å². The Morgan fingerprint density at radius 3 is 2.25 bits per heavy atom. The molecular weight excluding hydrogens is 293 g/mol. The number of alkyl halides is 3. The van der Waals surface area contributed by atoms with Crippen molar-refractivity contribution in [2.75, 3.05) is 26.2 Å². The number of ether oxygens (including phenoxy) is 1. The lowest BCUT2D eigenvalue weighted by atomic mass is 9.76. The maximum Gasteiger partial charge on any atom is 0.573 e. The molecule has 1 aromatic rings. The molecule has 0 aliphatic carbocycles. The highest BCUT2D eigenvalue weighted by Crippen LogP contribution is 2.36. The molecule has 2 heterocycles. The van der Waals surface area contributed by atoms with Gasteiger partial charge in [0.25, 0.3) is 0 Å². The van der Waals surface area contributed by atoms with Crippen LogP contribution in [0.5, 0.6) is 5.75 Å². The summed E-state index contributed by atoms with van der Waals surface area (Å²) in [6, 6.07) is 5.17. The molecule has 1 spiro atoms. The van der Waals surface area contributed by atoms with Crippen LogP contribution in [0.2, 0.25) is 0 Å². The lowest BCUT2D eigenvalue weighted by Gasteiger charge is -2.55. The third kappa shape index (κ3) is 2.68. The molecule has 20 heavy (non-hydrogen) atoms. The number of hydrogen-bond donors (Lipinski definition) is 1. The number of halogens is 3. The molecule has 3 rings (SSSR count). The van der Waals surface area contributed by atoms with Crippen molar-refractivity contribution in [3.8, 4) is 5.75 Å². The van der Waals surface area contributed by atoms with Gasteiger partial charge in [0.05, 0.1) is 4.90 Å². The van der Waals surface area contributed by atoms with Crippen LogP contribution in [-0.4, -0.2) is 41.1 Å². The monoisotopic (exact) mass is 306 g/mol. The van der Waals surface area contributed by atoms with Crippen molar-refractivity contribution < 1.29 is 22.1 Å². The van der Waals surface area contributed by atoms with E-state index in [9.17, 15) is 17.4 Å². The quantitative estimate of drug-likeness (QED) is 0.920. The van der Waals surface area contributed by atoms with Gasteiger partial charge in [0.1, 0.15) is 16.7 Å². The fourth-order valence-corrected chi connectivity index (χ4v) is 3.88. The van der Waals surface area contributed by atoms with Crippen molar-refractivity contribution >= 4 is 11.0 Å². The van der Waals surface area contributed by atoms with Crippen molar-refractivity contribution in [2.24, 2.45) is 5.41 Å². The Bertz CT molecular complexity index is 520. The normalized spacial score (nSPS) is 22.9. The van der Waals surface area contributed by atoms with E-state index in [0.29, 0.717) is 4.90 Å². The summed E-state index contributed by atoms with van der Waals surface area (Å²) in [5, 5.41) is 3.18. The van der Waals surface area contributed by atoms with Gasteiger partial charge in [-0.25, -0.2) is 8.51 Å². The summed E-state index contributed by atoms with van der Waals surface area (Å²) < 4.78 is 53.9. The zero-order chi connectivity index (χ0) is 14.4. The van der Waals surface area contributed by atoms with Crippen LogP contribution in [0.3, 0.4) is 0 Å². The molecule has 1 N–H and O–H groups in total. The lowest BCUT2D eigenvalue weighted by molar-refractivity contribution is -0.274. The van der Waals surface area contributed by atoms with Gasteiger partial charge in [-0.1, -0.05) is 0 Å². The van der Waals surface area contributed by atoms with Crippen LogP contribution < -0.4 is 10.1 Å².